The fourth-order valence-electron chi connectivity index (χ4n) is 2.65. The lowest BCUT2D eigenvalue weighted by Gasteiger charge is -2.18. The molecule has 1 N–H and O–H groups in total. The maximum atomic E-state index is 12.3. The molecule has 1 heterocycles. The molecule has 128 valence electrons. The second-order valence-electron chi connectivity index (χ2n) is 6.08. The van der Waals surface area contributed by atoms with Crippen molar-refractivity contribution in [3.05, 3.63) is 47.4 Å². The van der Waals surface area contributed by atoms with E-state index in [0.717, 1.165) is 11.3 Å². The van der Waals surface area contributed by atoms with E-state index in [2.05, 4.69) is 54.3 Å². The largest absolute Gasteiger partial charge is 0.338 e. The van der Waals surface area contributed by atoms with E-state index < -0.39 is 0 Å². The van der Waals surface area contributed by atoms with Gasteiger partial charge in [-0.25, -0.2) is 9.97 Å². The minimum Gasteiger partial charge on any atom is -0.338 e. The van der Waals surface area contributed by atoms with Gasteiger partial charge in [-0.15, -0.1) is 0 Å². The molecule has 0 atom stereocenters. The van der Waals surface area contributed by atoms with E-state index in [9.17, 15) is 4.79 Å². The zero-order valence-corrected chi connectivity index (χ0v) is 15.1. The summed E-state index contributed by atoms with van der Waals surface area (Å²) in [6, 6.07) is 6.25. The van der Waals surface area contributed by atoms with Crippen molar-refractivity contribution in [2.75, 3.05) is 18.4 Å². The predicted molar refractivity (Wildman–Crippen MR) is 97.8 cm³/mol. The number of hydrogen-bond donors (Lipinski definition) is 1. The van der Waals surface area contributed by atoms with Gasteiger partial charge in [0.15, 0.2) is 0 Å². The number of carbonyl (C=O) groups is 1. The zero-order valence-electron chi connectivity index (χ0n) is 15.1. The van der Waals surface area contributed by atoms with E-state index in [1.54, 1.807) is 11.1 Å². The molecule has 1 amide bonds. The van der Waals surface area contributed by atoms with Crippen molar-refractivity contribution in [1.29, 1.82) is 0 Å². The van der Waals surface area contributed by atoms with E-state index in [-0.39, 0.29) is 5.91 Å². The molecular weight excluding hydrogens is 300 g/mol. The Morgan fingerprint density at radius 1 is 1.17 bits per heavy atom. The van der Waals surface area contributed by atoms with Crippen molar-refractivity contribution in [3.63, 3.8) is 0 Å². The Balaban J connectivity index is 2.23. The van der Waals surface area contributed by atoms with Crippen LogP contribution in [0, 0.1) is 6.92 Å². The zero-order chi connectivity index (χ0) is 17.7. The van der Waals surface area contributed by atoms with Crippen LogP contribution < -0.4 is 5.32 Å². The van der Waals surface area contributed by atoms with E-state index in [0.29, 0.717) is 30.5 Å². The highest BCUT2D eigenvalue weighted by Crippen LogP contribution is 2.29. The Kier molecular flexibility index (Phi) is 5.90. The molecule has 5 nitrogen and oxygen atoms in total. The summed E-state index contributed by atoms with van der Waals surface area (Å²) in [5, 5.41) is 3.35. The number of anilines is 2. The van der Waals surface area contributed by atoms with Crippen molar-refractivity contribution in [2.45, 2.75) is 40.5 Å². The highest BCUT2D eigenvalue weighted by molar-refractivity contribution is 5.92. The van der Waals surface area contributed by atoms with E-state index >= 15 is 0 Å². The summed E-state index contributed by atoms with van der Waals surface area (Å²) >= 11 is 0. The lowest BCUT2D eigenvalue weighted by atomic mass is 9.98. The summed E-state index contributed by atoms with van der Waals surface area (Å²) in [7, 11) is 0. The van der Waals surface area contributed by atoms with Gasteiger partial charge in [0.2, 0.25) is 0 Å². The van der Waals surface area contributed by atoms with Gasteiger partial charge < -0.3 is 10.2 Å². The summed E-state index contributed by atoms with van der Waals surface area (Å²) in [6.07, 6.45) is 3.16. The summed E-state index contributed by atoms with van der Waals surface area (Å²) in [6.45, 7) is 11.6. The highest BCUT2D eigenvalue weighted by Gasteiger charge is 2.15. The van der Waals surface area contributed by atoms with Crippen LogP contribution in [0.2, 0.25) is 0 Å². The second-order valence-corrected chi connectivity index (χ2v) is 6.08. The molecule has 0 spiro atoms. The van der Waals surface area contributed by atoms with Gasteiger partial charge in [0.05, 0.1) is 12.4 Å². The average molecular weight is 326 g/mol. The summed E-state index contributed by atoms with van der Waals surface area (Å²) < 4.78 is 0. The first-order valence-corrected chi connectivity index (χ1v) is 8.45. The summed E-state index contributed by atoms with van der Waals surface area (Å²) in [5.41, 5.74) is 3.83. The molecule has 0 unspecified atom stereocenters. The van der Waals surface area contributed by atoms with Crippen LogP contribution in [0.15, 0.2) is 30.6 Å². The number of aryl methyl sites for hydroxylation is 1. The van der Waals surface area contributed by atoms with Crippen LogP contribution in [0.5, 0.6) is 0 Å². The summed E-state index contributed by atoms with van der Waals surface area (Å²) in [4.78, 5) is 22.7. The van der Waals surface area contributed by atoms with Crippen LogP contribution in [0.4, 0.5) is 11.5 Å². The lowest BCUT2D eigenvalue weighted by Crippen LogP contribution is -2.31. The molecule has 0 saturated carbocycles. The van der Waals surface area contributed by atoms with Gasteiger partial charge in [-0.3, -0.25) is 4.79 Å². The van der Waals surface area contributed by atoms with Crippen molar-refractivity contribution in [3.8, 4) is 0 Å². The van der Waals surface area contributed by atoms with Gasteiger partial charge in [0.25, 0.3) is 5.91 Å². The molecule has 1 aromatic heterocycles. The fourth-order valence-corrected chi connectivity index (χ4v) is 2.65. The van der Waals surface area contributed by atoms with Crippen molar-refractivity contribution in [1.82, 2.24) is 14.9 Å². The monoisotopic (exact) mass is 326 g/mol. The van der Waals surface area contributed by atoms with Crippen LogP contribution in [0.3, 0.4) is 0 Å². The Morgan fingerprint density at radius 2 is 1.88 bits per heavy atom. The first kappa shape index (κ1) is 17.9. The molecule has 0 fully saturated rings. The predicted octanol–water partition coefficient (Wildman–Crippen LogP) is 4.13. The van der Waals surface area contributed by atoms with Crippen LogP contribution in [-0.2, 0) is 0 Å². The van der Waals surface area contributed by atoms with Gasteiger partial charge >= 0.3 is 0 Å². The molecule has 0 bridgehead atoms. The molecule has 0 radical (unpaired) electrons. The molecule has 5 heteroatoms. The maximum absolute atomic E-state index is 12.3. The molecule has 24 heavy (non-hydrogen) atoms. The first-order chi connectivity index (χ1) is 11.5. The second kappa shape index (κ2) is 7.90. The third-order valence-electron chi connectivity index (χ3n) is 4.10. The number of para-hydroxylation sites is 1. The molecular formula is C19H26N4O. The summed E-state index contributed by atoms with van der Waals surface area (Å²) in [5.74, 6) is 0.962. The molecule has 0 aliphatic heterocycles. The Labute approximate surface area is 144 Å². The van der Waals surface area contributed by atoms with Gasteiger partial charge in [0.1, 0.15) is 11.5 Å². The van der Waals surface area contributed by atoms with Gasteiger partial charge in [-0.1, -0.05) is 32.0 Å². The van der Waals surface area contributed by atoms with E-state index in [1.807, 2.05) is 13.8 Å². The Hall–Kier alpha value is -2.43. The average Bonchev–Trinajstić information content (AvgIpc) is 2.58. The lowest BCUT2D eigenvalue weighted by molar-refractivity contribution is 0.0766. The van der Waals surface area contributed by atoms with E-state index in [4.69, 9.17) is 0 Å². The molecule has 2 rings (SSSR count). The number of benzene rings is 1. The van der Waals surface area contributed by atoms with Crippen molar-refractivity contribution in [2.24, 2.45) is 0 Å². The molecule has 1 aromatic carbocycles. The molecule has 2 aromatic rings. The Morgan fingerprint density at radius 3 is 2.42 bits per heavy atom. The van der Waals surface area contributed by atoms with Gasteiger partial charge in [0, 0.05) is 18.8 Å². The van der Waals surface area contributed by atoms with Crippen LogP contribution >= 0.6 is 0 Å². The topological polar surface area (TPSA) is 58.1 Å². The minimum atomic E-state index is -0.0854. The molecule has 0 saturated heterocycles. The van der Waals surface area contributed by atoms with Crippen LogP contribution in [-0.4, -0.2) is 33.9 Å². The number of rotatable bonds is 6. The number of nitrogens with zero attached hydrogens (tertiary/aromatic N) is 3. The van der Waals surface area contributed by atoms with Gasteiger partial charge in [-0.2, -0.15) is 0 Å². The third kappa shape index (κ3) is 3.91. The van der Waals surface area contributed by atoms with Crippen LogP contribution in [0.25, 0.3) is 0 Å². The Bertz CT molecular complexity index is 691. The fraction of sp³-hybridized carbons (Fsp3) is 0.421. The quantitative estimate of drug-likeness (QED) is 0.867. The van der Waals surface area contributed by atoms with E-state index in [1.165, 1.54) is 11.8 Å². The number of aromatic nitrogens is 2. The smallest absolute Gasteiger partial charge is 0.274 e. The third-order valence-corrected chi connectivity index (χ3v) is 4.10. The maximum Gasteiger partial charge on any atom is 0.274 e. The van der Waals surface area contributed by atoms with Crippen molar-refractivity contribution >= 4 is 17.4 Å². The number of amides is 1. The van der Waals surface area contributed by atoms with Crippen LogP contribution in [0.1, 0.15) is 55.2 Å². The molecule has 0 aliphatic rings. The molecule has 0 aliphatic carbocycles. The van der Waals surface area contributed by atoms with Gasteiger partial charge in [-0.05, 0) is 37.8 Å². The standard InChI is InChI=1S/C19H26N4O/c1-6-23(7-2)19(24)16-11-21-17(12-20-16)22-18-14(5)9-8-10-15(18)13(3)4/h8-13H,6-7H2,1-5H3,(H,21,22). The van der Waals surface area contributed by atoms with Crippen molar-refractivity contribution < 1.29 is 4.79 Å². The number of hydrogen-bond acceptors (Lipinski definition) is 4. The number of carbonyl (C=O) groups excluding carboxylic acids is 1. The minimum absolute atomic E-state index is 0.0854. The first-order valence-electron chi connectivity index (χ1n) is 8.45. The normalized spacial score (nSPS) is 10.8. The number of nitrogens with one attached hydrogen (secondary N) is 1. The SMILES string of the molecule is CCN(CC)C(=O)c1cnc(Nc2c(C)cccc2C(C)C)cn1. The highest BCUT2D eigenvalue weighted by atomic mass is 16.2.